The van der Waals surface area contributed by atoms with Gasteiger partial charge in [0.1, 0.15) is 0 Å². The Labute approximate surface area is 99.5 Å². The van der Waals surface area contributed by atoms with E-state index in [1.54, 1.807) is 4.90 Å². The number of nitrogens with zero attached hydrogens (tertiary/aromatic N) is 1. The zero-order valence-electron chi connectivity index (χ0n) is 8.10. The molecular formula is C9H14Cl3NO. The Hall–Kier alpha value is 0.340. The van der Waals surface area contributed by atoms with E-state index in [1.807, 2.05) is 0 Å². The molecule has 1 aliphatic heterocycles. The van der Waals surface area contributed by atoms with E-state index >= 15 is 0 Å². The number of hydrogen-bond acceptors (Lipinski definition) is 1. The van der Waals surface area contributed by atoms with E-state index in [0.29, 0.717) is 6.54 Å². The molecule has 1 unspecified atom stereocenters. The van der Waals surface area contributed by atoms with E-state index in [-0.39, 0.29) is 11.9 Å². The molecule has 14 heavy (non-hydrogen) atoms. The summed E-state index contributed by atoms with van der Waals surface area (Å²) in [6.45, 7) is 2.76. The van der Waals surface area contributed by atoms with E-state index in [2.05, 4.69) is 6.92 Å². The average Bonchev–Trinajstić information content (AvgIpc) is 2.15. The summed E-state index contributed by atoms with van der Waals surface area (Å²) in [4.78, 5) is 13.4. The summed E-state index contributed by atoms with van der Waals surface area (Å²) in [6, 6.07) is 0.242. The largest absolute Gasteiger partial charge is 0.336 e. The van der Waals surface area contributed by atoms with Crippen LogP contribution in [0.2, 0.25) is 0 Å². The molecule has 0 aromatic heterocycles. The first-order valence-electron chi connectivity index (χ1n) is 4.84. The summed E-state index contributed by atoms with van der Waals surface area (Å²) in [5.74, 6) is -0.381. The van der Waals surface area contributed by atoms with Crippen LogP contribution in [0, 0.1) is 0 Å². The van der Waals surface area contributed by atoms with Crippen molar-refractivity contribution in [1.29, 1.82) is 0 Å². The molecular weight excluding hydrogens is 244 g/mol. The first kappa shape index (κ1) is 12.4. The zero-order chi connectivity index (χ0) is 10.8. The fraction of sp³-hybridized carbons (Fsp3) is 0.889. The highest BCUT2D eigenvalue weighted by atomic mass is 35.6. The van der Waals surface area contributed by atoms with Crippen molar-refractivity contribution in [2.24, 2.45) is 0 Å². The van der Waals surface area contributed by atoms with E-state index in [9.17, 15) is 4.79 Å². The molecule has 1 heterocycles. The molecule has 1 rings (SSSR count). The topological polar surface area (TPSA) is 20.3 Å². The number of halogens is 3. The Kier molecular flexibility index (Phi) is 4.35. The summed E-state index contributed by atoms with van der Waals surface area (Å²) in [7, 11) is 0. The smallest absolute Gasteiger partial charge is 0.274 e. The van der Waals surface area contributed by atoms with Gasteiger partial charge in [-0.1, -0.05) is 41.7 Å². The first-order valence-corrected chi connectivity index (χ1v) is 5.98. The number of carbonyl (C=O) groups excluding carboxylic acids is 1. The van der Waals surface area contributed by atoms with E-state index < -0.39 is 3.79 Å². The predicted molar refractivity (Wildman–Crippen MR) is 59.9 cm³/mol. The molecule has 0 aromatic rings. The van der Waals surface area contributed by atoms with Crippen LogP contribution in [0.4, 0.5) is 0 Å². The van der Waals surface area contributed by atoms with Gasteiger partial charge in [-0.2, -0.15) is 0 Å². The standard InChI is InChI=1S/C9H14Cl3NO/c1-2-7-5-3-4-6-13(7)8(14)9(10,11)12/h7H,2-6H2,1H3. The molecule has 0 saturated carbocycles. The molecule has 1 amide bonds. The van der Waals surface area contributed by atoms with Crippen molar-refractivity contribution in [3.63, 3.8) is 0 Å². The van der Waals surface area contributed by atoms with Crippen LogP contribution in [-0.2, 0) is 4.79 Å². The molecule has 1 fully saturated rings. The Morgan fingerprint density at radius 2 is 2.07 bits per heavy atom. The average molecular weight is 259 g/mol. The monoisotopic (exact) mass is 257 g/mol. The minimum Gasteiger partial charge on any atom is -0.336 e. The van der Waals surface area contributed by atoms with Crippen LogP contribution in [0.15, 0.2) is 0 Å². The van der Waals surface area contributed by atoms with Gasteiger partial charge in [0.15, 0.2) is 0 Å². The highest BCUT2D eigenvalue weighted by Gasteiger charge is 2.38. The summed E-state index contributed by atoms with van der Waals surface area (Å²) >= 11 is 16.7. The van der Waals surface area contributed by atoms with Crippen molar-refractivity contribution in [3.8, 4) is 0 Å². The quantitative estimate of drug-likeness (QED) is 0.662. The number of likely N-dealkylation sites (tertiary alicyclic amines) is 1. The fourth-order valence-electron chi connectivity index (χ4n) is 1.86. The Balaban J connectivity index is 2.69. The van der Waals surface area contributed by atoms with Crippen LogP contribution in [0.5, 0.6) is 0 Å². The molecule has 0 spiro atoms. The van der Waals surface area contributed by atoms with Crippen LogP contribution in [0.25, 0.3) is 0 Å². The van der Waals surface area contributed by atoms with Crippen LogP contribution < -0.4 is 0 Å². The van der Waals surface area contributed by atoms with Gasteiger partial charge in [0, 0.05) is 12.6 Å². The molecule has 0 aliphatic carbocycles. The Morgan fingerprint density at radius 1 is 1.43 bits per heavy atom. The highest BCUT2D eigenvalue weighted by Crippen LogP contribution is 2.32. The lowest BCUT2D eigenvalue weighted by atomic mass is 10.0. The lowest BCUT2D eigenvalue weighted by molar-refractivity contribution is -0.133. The third-order valence-electron chi connectivity index (χ3n) is 2.60. The van der Waals surface area contributed by atoms with Crippen molar-refractivity contribution in [3.05, 3.63) is 0 Å². The van der Waals surface area contributed by atoms with Gasteiger partial charge < -0.3 is 4.90 Å². The highest BCUT2D eigenvalue weighted by molar-refractivity contribution is 6.76. The van der Waals surface area contributed by atoms with Gasteiger partial charge in [0.05, 0.1) is 0 Å². The van der Waals surface area contributed by atoms with Gasteiger partial charge in [0.2, 0.25) is 0 Å². The molecule has 0 bridgehead atoms. The minimum absolute atomic E-state index is 0.242. The molecule has 2 nitrogen and oxygen atoms in total. The zero-order valence-corrected chi connectivity index (χ0v) is 10.4. The molecule has 1 aliphatic rings. The second-order valence-corrected chi connectivity index (χ2v) is 5.84. The van der Waals surface area contributed by atoms with Crippen molar-refractivity contribution in [2.75, 3.05) is 6.54 Å². The van der Waals surface area contributed by atoms with Gasteiger partial charge in [-0.05, 0) is 25.7 Å². The Bertz CT molecular complexity index is 215. The molecule has 82 valence electrons. The predicted octanol–water partition coefficient (Wildman–Crippen LogP) is 3.15. The van der Waals surface area contributed by atoms with Crippen LogP contribution in [0.1, 0.15) is 32.6 Å². The van der Waals surface area contributed by atoms with Gasteiger partial charge in [-0.3, -0.25) is 4.79 Å². The Morgan fingerprint density at radius 3 is 2.57 bits per heavy atom. The molecule has 0 radical (unpaired) electrons. The molecule has 1 atom stereocenters. The molecule has 1 saturated heterocycles. The van der Waals surface area contributed by atoms with Crippen LogP contribution >= 0.6 is 34.8 Å². The number of hydrogen-bond donors (Lipinski definition) is 0. The summed E-state index contributed by atoms with van der Waals surface area (Å²) in [5, 5.41) is 0. The van der Waals surface area contributed by atoms with Gasteiger partial charge >= 0.3 is 0 Å². The molecule has 0 aromatic carbocycles. The maximum absolute atomic E-state index is 11.7. The number of carbonyl (C=O) groups is 1. The van der Waals surface area contributed by atoms with Crippen molar-refractivity contribution in [2.45, 2.75) is 42.4 Å². The summed E-state index contributed by atoms with van der Waals surface area (Å²) < 4.78 is -1.80. The number of rotatable bonds is 1. The lowest BCUT2D eigenvalue weighted by Crippen LogP contribution is -2.48. The summed E-state index contributed by atoms with van der Waals surface area (Å²) in [6.07, 6.45) is 4.10. The normalized spacial score (nSPS) is 23.7. The second-order valence-electron chi connectivity index (χ2n) is 3.55. The molecule has 5 heteroatoms. The third kappa shape index (κ3) is 2.91. The van der Waals surface area contributed by atoms with Crippen LogP contribution in [0.3, 0.4) is 0 Å². The number of amides is 1. The number of alkyl halides is 3. The van der Waals surface area contributed by atoms with Gasteiger partial charge in [-0.15, -0.1) is 0 Å². The van der Waals surface area contributed by atoms with Gasteiger partial charge in [-0.25, -0.2) is 0 Å². The van der Waals surface area contributed by atoms with Crippen molar-refractivity contribution in [1.82, 2.24) is 4.90 Å². The second kappa shape index (κ2) is 4.91. The maximum atomic E-state index is 11.7. The lowest BCUT2D eigenvalue weighted by Gasteiger charge is -2.36. The van der Waals surface area contributed by atoms with Gasteiger partial charge in [0.25, 0.3) is 9.70 Å². The minimum atomic E-state index is -1.80. The van der Waals surface area contributed by atoms with E-state index in [4.69, 9.17) is 34.8 Å². The van der Waals surface area contributed by atoms with Crippen molar-refractivity contribution >= 4 is 40.7 Å². The first-order chi connectivity index (χ1) is 6.46. The van der Waals surface area contributed by atoms with Crippen molar-refractivity contribution < 1.29 is 4.79 Å². The van der Waals surface area contributed by atoms with E-state index in [0.717, 1.165) is 25.7 Å². The molecule has 0 N–H and O–H groups in total. The SMILES string of the molecule is CCC1CCCCN1C(=O)C(Cl)(Cl)Cl. The summed E-state index contributed by atoms with van der Waals surface area (Å²) in [5.41, 5.74) is 0. The number of piperidine rings is 1. The van der Waals surface area contributed by atoms with Crippen LogP contribution in [-0.4, -0.2) is 27.2 Å². The maximum Gasteiger partial charge on any atom is 0.274 e. The fourth-order valence-corrected chi connectivity index (χ4v) is 2.18. The van der Waals surface area contributed by atoms with E-state index in [1.165, 1.54) is 0 Å². The third-order valence-corrected chi connectivity index (χ3v) is 3.09.